The van der Waals surface area contributed by atoms with Crippen molar-refractivity contribution in [2.45, 2.75) is 18.9 Å². The third-order valence-corrected chi connectivity index (χ3v) is 3.77. The molecule has 2 aliphatic rings. The summed E-state index contributed by atoms with van der Waals surface area (Å²) in [5, 5.41) is 0. The van der Waals surface area contributed by atoms with Crippen LogP contribution >= 0.6 is 0 Å². The number of anilines is 1. The predicted molar refractivity (Wildman–Crippen MR) is 74.4 cm³/mol. The number of allylic oxidation sites excluding steroid dienone is 3. The van der Waals surface area contributed by atoms with Crippen LogP contribution in [0.5, 0.6) is 0 Å². The van der Waals surface area contributed by atoms with Gasteiger partial charge in [-0.2, -0.15) is 0 Å². The van der Waals surface area contributed by atoms with Gasteiger partial charge in [0.15, 0.2) is 11.9 Å². The molecule has 0 aliphatic heterocycles. The van der Waals surface area contributed by atoms with E-state index in [-0.39, 0.29) is 17.8 Å². The summed E-state index contributed by atoms with van der Waals surface area (Å²) < 4.78 is 0. The number of ketones is 1. The van der Waals surface area contributed by atoms with Crippen LogP contribution < -0.4 is 5.48 Å². The van der Waals surface area contributed by atoms with Crippen molar-refractivity contribution in [2.24, 2.45) is 11.8 Å². The second-order valence-electron chi connectivity index (χ2n) is 5.02. The van der Waals surface area contributed by atoms with Gasteiger partial charge >= 0.3 is 0 Å². The van der Waals surface area contributed by atoms with Gasteiger partial charge in [-0.05, 0) is 24.5 Å². The van der Waals surface area contributed by atoms with Gasteiger partial charge in [0.05, 0.1) is 5.69 Å². The normalized spacial score (nSPS) is 29.1. The monoisotopic (exact) mass is 255 g/mol. The molecule has 19 heavy (non-hydrogen) atoms. The molecule has 0 aromatic heterocycles. The van der Waals surface area contributed by atoms with Crippen molar-refractivity contribution in [3.63, 3.8) is 0 Å². The number of rotatable bonds is 3. The van der Waals surface area contributed by atoms with Gasteiger partial charge in [-0.25, -0.2) is 0 Å². The summed E-state index contributed by atoms with van der Waals surface area (Å²) in [4.78, 5) is 17.7. The highest BCUT2D eigenvalue weighted by Gasteiger charge is 2.38. The van der Waals surface area contributed by atoms with E-state index in [1.807, 2.05) is 36.4 Å². The molecular formula is C16H17NO2. The first-order valence-electron chi connectivity index (χ1n) is 6.69. The van der Waals surface area contributed by atoms with Crippen molar-refractivity contribution in [1.82, 2.24) is 0 Å². The van der Waals surface area contributed by atoms with Gasteiger partial charge in [-0.1, -0.05) is 42.5 Å². The first-order chi connectivity index (χ1) is 9.34. The summed E-state index contributed by atoms with van der Waals surface area (Å²) in [6.45, 7) is 0. The average molecular weight is 255 g/mol. The minimum absolute atomic E-state index is 0.155. The van der Waals surface area contributed by atoms with Crippen molar-refractivity contribution in [1.29, 1.82) is 0 Å². The van der Waals surface area contributed by atoms with E-state index < -0.39 is 0 Å². The second-order valence-corrected chi connectivity index (χ2v) is 5.02. The van der Waals surface area contributed by atoms with E-state index in [1.54, 1.807) is 0 Å². The molecule has 98 valence electrons. The largest absolute Gasteiger partial charge is 0.297 e. The highest BCUT2D eigenvalue weighted by atomic mass is 16.7. The number of hydrogen-bond donors (Lipinski definition) is 1. The quantitative estimate of drug-likeness (QED) is 0.843. The molecule has 0 saturated heterocycles. The van der Waals surface area contributed by atoms with Crippen molar-refractivity contribution < 1.29 is 9.63 Å². The zero-order valence-electron chi connectivity index (χ0n) is 10.7. The third kappa shape index (κ3) is 2.61. The number of Topliss-reactive ketones (excluding diaryl/α,β-unsaturated/α-hetero) is 1. The third-order valence-electron chi connectivity index (χ3n) is 3.77. The van der Waals surface area contributed by atoms with Crippen LogP contribution in [0.4, 0.5) is 5.69 Å². The highest BCUT2D eigenvalue weighted by molar-refractivity contribution is 5.84. The second kappa shape index (κ2) is 5.41. The Labute approximate surface area is 112 Å². The SMILES string of the molecule is O=C1CCC2C=CC=CC2C1ONc1ccccc1. The molecule has 3 unspecified atom stereocenters. The van der Waals surface area contributed by atoms with Crippen molar-refractivity contribution in [3.05, 3.63) is 54.6 Å². The Kier molecular flexibility index (Phi) is 3.47. The number of nitrogens with one attached hydrogen (secondary N) is 1. The number of hydrogen-bond acceptors (Lipinski definition) is 3. The summed E-state index contributed by atoms with van der Waals surface area (Å²) in [6.07, 6.45) is 9.45. The van der Waals surface area contributed by atoms with Gasteiger partial charge in [0.2, 0.25) is 0 Å². The van der Waals surface area contributed by atoms with Crippen molar-refractivity contribution in [3.8, 4) is 0 Å². The van der Waals surface area contributed by atoms with Gasteiger partial charge in [0.25, 0.3) is 0 Å². The Morgan fingerprint density at radius 2 is 1.89 bits per heavy atom. The molecule has 0 radical (unpaired) electrons. The lowest BCUT2D eigenvalue weighted by Crippen LogP contribution is -2.41. The molecule has 0 bridgehead atoms. The molecule has 3 heteroatoms. The predicted octanol–water partition coefficient (Wildman–Crippen LogP) is 3.12. The van der Waals surface area contributed by atoms with Gasteiger partial charge in [-0.15, -0.1) is 0 Å². The van der Waals surface area contributed by atoms with Crippen molar-refractivity contribution >= 4 is 11.5 Å². The number of carbonyl (C=O) groups excluding carboxylic acids is 1. The fourth-order valence-corrected chi connectivity index (χ4v) is 2.73. The van der Waals surface area contributed by atoms with Crippen LogP contribution in [0, 0.1) is 11.8 Å². The van der Waals surface area contributed by atoms with Crippen LogP contribution in [0.15, 0.2) is 54.6 Å². The van der Waals surface area contributed by atoms with Gasteiger partial charge in [0.1, 0.15) is 0 Å². The molecule has 1 fully saturated rings. The van der Waals surface area contributed by atoms with Gasteiger partial charge < -0.3 is 0 Å². The molecule has 0 spiro atoms. The van der Waals surface area contributed by atoms with Crippen LogP contribution in [0.3, 0.4) is 0 Å². The van der Waals surface area contributed by atoms with Crippen LogP contribution in [0.25, 0.3) is 0 Å². The minimum atomic E-state index is -0.389. The van der Waals surface area contributed by atoms with E-state index in [0.29, 0.717) is 12.3 Å². The van der Waals surface area contributed by atoms with Crippen molar-refractivity contribution in [2.75, 3.05) is 5.48 Å². The molecule has 1 aromatic rings. The Morgan fingerprint density at radius 1 is 1.11 bits per heavy atom. The van der Waals surface area contributed by atoms with E-state index in [1.165, 1.54) is 0 Å². The molecule has 3 rings (SSSR count). The molecule has 0 amide bonds. The zero-order chi connectivity index (χ0) is 13.1. The maximum absolute atomic E-state index is 12.0. The smallest absolute Gasteiger partial charge is 0.164 e. The van der Waals surface area contributed by atoms with E-state index in [2.05, 4.69) is 23.7 Å². The fraction of sp³-hybridized carbons (Fsp3) is 0.312. The van der Waals surface area contributed by atoms with Crippen LogP contribution in [0.2, 0.25) is 0 Å². The zero-order valence-corrected chi connectivity index (χ0v) is 10.7. The summed E-state index contributed by atoms with van der Waals surface area (Å²) in [7, 11) is 0. The molecule has 1 saturated carbocycles. The minimum Gasteiger partial charge on any atom is -0.297 e. The van der Waals surface area contributed by atoms with Gasteiger partial charge in [-0.3, -0.25) is 15.1 Å². The summed E-state index contributed by atoms with van der Waals surface area (Å²) in [5.41, 5.74) is 3.77. The highest BCUT2D eigenvalue weighted by Crippen LogP contribution is 2.34. The molecule has 1 aromatic carbocycles. The fourth-order valence-electron chi connectivity index (χ4n) is 2.73. The standard InChI is InChI=1S/C16H17NO2/c18-15-11-10-12-6-4-5-9-14(12)16(15)19-17-13-7-2-1-3-8-13/h1-9,12,14,16-17H,10-11H2. The number of benzene rings is 1. The lowest BCUT2D eigenvalue weighted by molar-refractivity contribution is -0.135. The number of fused-ring (bicyclic) bond motifs is 1. The molecule has 3 nitrogen and oxygen atoms in total. The lowest BCUT2D eigenvalue weighted by Gasteiger charge is -2.34. The summed E-state index contributed by atoms with van der Waals surface area (Å²) >= 11 is 0. The molecule has 2 aliphatic carbocycles. The van der Waals surface area contributed by atoms with Gasteiger partial charge in [0, 0.05) is 12.3 Å². The Bertz CT molecular complexity index is 507. The topological polar surface area (TPSA) is 38.3 Å². The lowest BCUT2D eigenvalue weighted by atomic mass is 9.74. The average Bonchev–Trinajstić information content (AvgIpc) is 2.47. The molecular weight excluding hydrogens is 238 g/mol. The summed E-state index contributed by atoms with van der Waals surface area (Å²) in [5.74, 6) is 0.761. The number of carbonyl (C=O) groups is 1. The Morgan fingerprint density at radius 3 is 2.74 bits per heavy atom. The first-order valence-corrected chi connectivity index (χ1v) is 6.69. The molecule has 1 N–H and O–H groups in total. The van der Waals surface area contributed by atoms with E-state index in [4.69, 9.17) is 4.84 Å². The summed E-state index contributed by atoms with van der Waals surface area (Å²) in [6, 6.07) is 9.64. The van der Waals surface area contributed by atoms with Crippen LogP contribution in [-0.4, -0.2) is 11.9 Å². The van der Waals surface area contributed by atoms with E-state index in [9.17, 15) is 4.79 Å². The van der Waals surface area contributed by atoms with Crippen LogP contribution in [-0.2, 0) is 9.63 Å². The van der Waals surface area contributed by atoms with E-state index in [0.717, 1.165) is 12.1 Å². The Balaban J connectivity index is 1.69. The van der Waals surface area contributed by atoms with E-state index >= 15 is 0 Å². The number of para-hydroxylation sites is 1. The maximum Gasteiger partial charge on any atom is 0.164 e. The first kappa shape index (κ1) is 12.2. The maximum atomic E-state index is 12.0. The van der Waals surface area contributed by atoms with Crippen LogP contribution in [0.1, 0.15) is 12.8 Å². The Hall–Kier alpha value is -1.87. The molecule has 0 heterocycles. The molecule has 3 atom stereocenters.